The van der Waals surface area contributed by atoms with Crippen LogP contribution in [0.25, 0.3) is 0 Å². The van der Waals surface area contributed by atoms with Crippen LogP contribution in [0.4, 0.5) is 5.69 Å². The minimum absolute atomic E-state index is 0.191. The maximum absolute atomic E-state index is 5.56. The number of nitrogens with zero attached hydrogens (tertiary/aromatic N) is 2. The number of hydrogen-bond donors (Lipinski definition) is 2. The first-order valence-electron chi connectivity index (χ1n) is 5.95. The molecule has 0 saturated carbocycles. The topological polar surface area (TPSA) is 54.2 Å². The lowest BCUT2D eigenvalue weighted by molar-refractivity contribution is 0.254. The van der Waals surface area contributed by atoms with Crippen molar-refractivity contribution in [2.45, 2.75) is 13.8 Å². The maximum Gasteiger partial charge on any atom is 0.122 e. The van der Waals surface area contributed by atoms with E-state index in [1.165, 1.54) is 0 Å². The predicted octanol–water partition coefficient (Wildman–Crippen LogP) is 1.72. The van der Waals surface area contributed by atoms with Gasteiger partial charge in [0.1, 0.15) is 4.99 Å². The van der Waals surface area contributed by atoms with Crippen molar-refractivity contribution >= 4 is 22.9 Å². The molecule has 0 radical (unpaired) electrons. The second kappa shape index (κ2) is 6.11. The molecule has 0 atom stereocenters. The molecule has 0 unspecified atom stereocenters. The Hall–Kier alpha value is -1.20. The number of thiocarbonyl (C=S) groups is 1. The third kappa shape index (κ3) is 4.98. The fraction of sp³-hybridized carbons (Fsp3) is 0.538. The van der Waals surface area contributed by atoms with E-state index in [1.807, 2.05) is 12.1 Å². The number of hydrogen-bond acceptors (Lipinski definition) is 4. The van der Waals surface area contributed by atoms with E-state index in [1.54, 1.807) is 6.20 Å². The molecule has 100 valence electrons. The smallest absolute Gasteiger partial charge is 0.122 e. The summed E-state index contributed by atoms with van der Waals surface area (Å²) in [6.45, 7) is 6.37. The van der Waals surface area contributed by atoms with Crippen molar-refractivity contribution in [3.8, 4) is 0 Å². The molecular weight excluding hydrogens is 244 g/mol. The predicted molar refractivity (Wildman–Crippen MR) is 80.9 cm³/mol. The standard InChI is InChI=1S/C13H22N4S/c1-13(2,9-17(3)4)8-16-10-5-6-15-11(7-10)12(14)18/h5-7H,8-9H2,1-4H3,(H2,14,18)(H,15,16). The quantitative estimate of drug-likeness (QED) is 0.768. The summed E-state index contributed by atoms with van der Waals surface area (Å²) in [5.74, 6) is 0. The molecule has 0 spiro atoms. The van der Waals surface area contributed by atoms with E-state index in [-0.39, 0.29) is 5.41 Å². The highest BCUT2D eigenvalue weighted by atomic mass is 32.1. The highest BCUT2D eigenvalue weighted by Crippen LogP contribution is 2.17. The Kier molecular flexibility index (Phi) is 5.04. The SMILES string of the molecule is CN(C)CC(C)(C)CNc1ccnc(C(N)=S)c1. The number of pyridine rings is 1. The molecule has 0 aliphatic carbocycles. The Labute approximate surface area is 115 Å². The second-order valence-corrected chi connectivity index (χ2v) is 5.99. The largest absolute Gasteiger partial charge is 0.388 e. The number of nitrogens with two attached hydrogens (primary N) is 1. The van der Waals surface area contributed by atoms with Crippen LogP contribution in [0.2, 0.25) is 0 Å². The zero-order valence-corrected chi connectivity index (χ0v) is 12.3. The first-order chi connectivity index (χ1) is 8.30. The van der Waals surface area contributed by atoms with Crippen LogP contribution in [0.3, 0.4) is 0 Å². The third-order valence-corrected chi connectivity index (χ3v) is 2.74. The number of rotatable bonds is 6. The number of aromatic nitrogens is 1. The van der Waals surface area contributed by atoms with Gasteiger partial charge in [0.2, 0.25) is 0 Å². The van der Waals surface area contributed by atoms with E-state index in [2.05, 4.69) is 43.1 Å². The Morgan fingerprint density at radius 3 is 2.72 bits per heavy atom. The van der Waals surface area contributed by atoms with E-state index in [0.29, 0.717) is 10.7 Å². The van der Waals surface area contributed by atoms with Gasteiger partial charge in [-0.15, -0.1) is 0 Å². The van der Waals surface area contributed by atoms with Gasteiger partial charge in [-0.3, -0.25) is 4.98 Å². The summed E-state index contributed by atoms with van der Waals surface area (Å²) in [6.07, 6.45) is 1.72. The van der Waals surface area contributed by atoms with Crippen LogP contribution in [0.1, 0.15) is 19.5 Å². The van der Waals surface area contributed by atoms with Gasteiger partial charge in [-0.25, -0.2) is 0 Å². The van der Waals surface area contributed by atoms with Crippen molar-refractivity contribution < 1.29 is 0 Å². The average molecular weight is 266 g/mol. The van der Waals surface area contributed by atoms with Gasteiger partial charge in [-0.2, -0.15) is 0 Å². The molecule has 0 aliphatic heterocycles. The Balaban J connectivity index is 2.63. The normalized spacial score (nSPS) is 11.6. The van der Waals surface area contributed by atoms with Crippen molar-refractivity contribution in [1.82, 2.24) is 9.88 Å². The van der Waals surface area contributed by atoms with E-state index in [9.17, 15) is 0 Å². The van der Waals surface area contributed by atoms with E-state index in [4.69, 9.17) is 18.0 Å². The van der Waals surface area contributed by atoms with Gasteiger partial charge in [0.05, 0.1) is 5.69 Å². The van der Waals surface area contributed by atoms with Crippen LogP contribution >= 0.6 is 12.2 Å². The second-order valence-electron chi connectivity index (χ2n) is 5.55. The van der Waals surface area contributed by atoms with Crippen LogP contribution in [-0.2, 0) is 0 Å². The lowest BCUT2D eigenvalue weighted by Crippen LogP contribution is -2.34. The highest BCUT2D eigenvalue weighted by molar-refractivity contribution is 7.80. The van der Waals surface area contributed by atoms with Crippen molar-refractivity contribution in [1.29, 1.82) is 0 Å². The van der Waals surface area contributed by atoms with Gasteiger partial charge in [0, 0.05) is 25.0 Å². The fourth-order valence-electron chi connectivity index (χ4n) is 1.93. The van der Waals surface area contributed by atoms with Crippen LogP contribution in [-0.4, -0.2) is 42.1 Å². The molecule has 5 heteroatoms. The van der Waals surface area contributed by atoms with E-state index < -0.39 is 0 Å². The molecule has 0 aromatic carbocycles. The molecule has 3 N–H and O–H groups in total. The molecule has 0 fully saturated rings. The Bertz CT molecular complexity index is 415. The summed E-state index contributed by atoms with van der Waals surface area (Å²) in [5.41, 5.74) is 7.41. The molecule has 1 aromatic rings. The van der Waals surface area contributed by atoms with Gasteiger partial charge in [0.15, 0.2) is 0 Å². The van der Waals surface area contributed by atoms with Crippen molar-refractivity contribution in [3.63, 3.8) is 0 Å². The lowest BCUT2D eigenvalue weighted by atomic mass is 9.93. The average Bonchev–Trinajstić information content (AvgIpc) is 2.25. The van der Waals surface area contributed by atoms with E-state index >= 15 is 0 Å². The first kappa shape index (κ1) is 14.9. The number of anilines is 1. The highest BCUT2D eigenvalue weighted by Gasteiger charge is 2.18. The molecule has 4 nitrogen and oxygen atoms in total. The molecule has 0 amide bonds. The Morgan fingerprint density at radius 2 is 2.17 bits per heavy atom. The summed E-state index contributed by atoms with van der Waals surface area (Å²) < 4.78 is 0. The van der Waals surface area contributed by atoms with Crippen LogP contribution in [0, 0.1) is 5.41 Å². The molecule has 1 rings (SSSR count). The summed E-state index contributed by atoms with van der Waals surface area (Å²) in [6, 6.07) is 3.81. The lowest BCUT2D eigenvalue weighted by Gasteiger charge is -2.28. The van der Waals surface area contributed by atoms with Gasteiger partial charge in [0.25, 0.3) is 0 Å². The fourth-order valence-corrected chi connectivity index (χ4v) is 2.04. The minimum atomic E-state index is 0.191. The van der Waals surface area contributed by atoms with Crippen molar-refractivity contribution in [2.24, 2.45) is 11.1 Å². The first-order valence-corrected chi connectivity index (χ1v) is 6.35. The molecule has 18 heavy (non-hydrogen) atoms. The molecule has 0 bridgehead atoms. The zero-order valence-electron chi connectivity index (χ0n) is 11.5. The van der Waals surface area contributed by atoms with Gasteiger partial charge in [-0.1, -0.05) is 26.1 Å². The summed E-state index contributed by atoms with van der Waals surface area (Å²) >= 11 is 4.92. The molecular formula is C13H22N4S. The van der Waals surface area contributed by atoms with Crippen LogP contribution in [0.15, 0.2) is 18.3 Å². The van der Waals surface area contributed by atoms with Crippen LogP contribution < -0.4 is 11.1 Å². The minimum Gasteiger partial charge on any atom is -0.388 e. The summed E-state index contributed by atoms with van der Waals surface area (Å²) in [7, 11) is 4.16. The summed E-state index contributed by atoms with van der Waals surface area (Å²) in [5, 5.41) is 3.40. The summed E-state index contributed by atoms with van der Waals surface area (Å²) in [4.78, 5) is 6.63. The molecule has 1 heterocycles. The molecule has 0 saturated heterocycles. The van der Waals surface area contributed by atoms with Crippen LogP contribution in [0.5, 0.6) is 0 Å². The van der Waals surface area contributed by atoms with Crippen molar-refractivity contribution in [3.05, 3.63) is 24.0 Å². The zero-order chi connectivity index (χ0) is 13.8. The van der Waals surface area contributed by atoms with E-state index in [0.717, 1.165) is 18.8 Å². The van der Waals surface area contributed by atoms with Gasteiger partial charge < -0.3 is 16.0 Å². The molecule has 1 aromatic heterocycles. The van der Waals surface area contributed by atoms with Gasteiger partial charge in [-0.05, 0) is 31.6 Å². The maximum atomic E-state index is 5.56. The van der Waals surface area contributed by atoms with Crippen molar-refractivity contribution in [2.75, 3.05) is 32.5 Å². The molecule has 0 aliphatic rings. The Morgan fingerprint density at radius 1 is 1.50 bits per heavy atom. The third-order valence-electron chi connectivity index (χ3n) is 2.53. The number of nitrogens with one attached hydrogen (secondary N) is 1. The monoisotopic (exact) mass is 266 g/mol. The van der Waals surface area contributed by atoms with Gasteiger partial charge >= 0.3 is 0 Å².